The van der Waals surface area contributed by atoms with Crippen molar-refractivity contribution in [3.63, 3.8) is 0 Å². The fourth-order valence-corrected chi connectivity index (χ4v) is 4.63. The summed E-state index contributed by atoms with van der Waals surface area (Å²) in [5.41, 5.74) is 0.925. The summed E-state index contributed by atoms with van der Waals surface area (Å²) in [4.78, 5) is 42.5. The first kappa shape index (κ1) is 30.4. The Morgan fingerprint density at radius 2 is 1.84 bits per heavy atom. The van der Waals surface area contributed by atoms with E-state index < -0.39 is 23.8 Å². The molecule has 1 saturated carbocycles. The monoisotopic (exact) mass is 513 g/mol. The molecule has 206 valence electrons. The van der Waals surface area contributed by atoms with Crippen LogP contribution in [0.4, 0.5) is 4.79 Å². The first-order valence-corrected chi connectivity index (χ1v) is 13.7. The van der Waals surface area contributed by atoms with Gasteiger partial charge in [-0.05, 0) is 82.9 Å². The Morgan fingerprint density at radius 1 is 1.16 bits per heavy atom. The molecule has 1 aromatic rings. The van der Waals surface area contributed by atoms with E-state index in [0.717, 1.165) is 43.2 Å². The zero-order chi connectivity index (χ0) is 27.8. The Morgan fingerprint density at radius 3 is 2.35 bits per heavy atom. The predicted octanol–water partition coefficient (Wildman–Crippen LogP) is 6.00. The van der Waals surface area contributed by atoms with Crippen molar-refractivity contribution in [2.45, 2.75) is 117 Å². The molecule has 1 aliphatic carbocycles. The summed E-state index contributed by atoms with van der Waals surface area (Å²) in [5.74, 6) is -0.312. The van der Waals surface area contributed by atoms with Crippen molar-refractivity contribution >= 4 is 24.0 Å². The lowest BCUT2D eigenvalue weighted by Crippen LogP contribution is -2.58. The highest BCUT2D eigenvalue weighted by Gasteiger charge is 2.42. The minimum absolute atomic E-state index is 0.0210. The van der Waals surface area contributed by atoms with Gasteiger partial charge < -0.3 is 20.3 Å². The number of nitrogens with one attached hydrogen (secondary N) is 2. The molecular formula is C30H47N3O4. The Bertz CT molecular complexity index is 933. The van der Waals surface area contributed by atoms with Gasteiger partial charge in [0.15, 0.2) is 0 Å². The molecule has 7 nitrogen and oxygen atoms in total. The van der Waals surface area contributed by atoms with Gasteiger partial charge in [-0.3, -0.25) is 9.59 Å². The van der Waals surface area contributed by atoms with E-state index in [1.165, 1.54) is 0 Å². The zero-order valence-electron chi connectivity index (χ0n) is 23.8. The number of rotatable bonds is 12. The Balaban J connectivity index is 2.51. The third kappa shape index (κ3) is 9.20. The van der Waals surface area contributed by atoms with Gasteiger partial charge in [0, 0.05) is 12.1 Å². The van der Waals surface area contributed by atoms with Gasteiger partial charge in [0.25, 0.3) is 0 Å². The predicted molar refractivity (Wildman–Crippen MR) is 149 cm³/mol. The molecule has 2 rings (SSSR count). The maximum atomic E-state index is 14.3. The molecule has 37 heavy (non-hydrogen) atoms. The molecule has 3 amide bonds. The van der Waals surface area contributed by atoms with Gasteiger partial charge in [0.1, 0.15) is 17.7 Å². The lowest BCUT2D eigenvalue weighted by molar-refractivity contribution is -0.148. The second kappa shape index (κ2) is 13.6. The molecule has 0 bridgehead atoms. The minimum Gasteiger partial charge on any atom is -0.444 e. The van der Waals surface area contributed by atoms with E-state index in [9.17, 15) is 14.4 Å². The number of alkyl carbamates (subject to hydrolysis) is 1. The molecule has 0 saturated heterocycles. The van der Waals surface area contributed by atoms with Crippen LogP contribution in [0.2, 0.25) is 0 Å². The van der Waals surface area contributed by atoms with Crippen LogP contribution in [0.1, 0.15) is 104 Å². The van der Waals surface area contributed by atoms with Crippen LogP contribution in [-0.2, 0) is 14.3 Å². The summed E-state index contributed by atoms with van der Waals surface area (Å²) in [5, 5.41) is 5.95. The first-order valence-electron chi connectivity index (χ1n) is 13.7. The molecule has 3 atom stereocenters. The van der Waals surface area contributed by atoms with E-state index in [2.05, 4.69) is 24.1 Å². The maximum absolute atomic E-state index is 14.3. The molecule has 2 N–H and O–H groups in total. The number of carbonyl (C=O) groups excluding carboxylic acids is 3. The lowest BCUT2D eigenvalue weighted by atomic mass is 9.87. The van der Waals surface area contributed by atoms with Gasteiger partial charge in [-0.2, -0.15) is 0 Å². The van der Waals surface area contributed by atoms with E-state index in [0.29, 0.717) is 6.42 Å². The summed E-state index contributed by atoms with van der Waals surface area (Å²) in [6.45, 7) is 17.3. The minimum atomic E-state index is -0.813. The van der Waals surface area contributed by atoms with Crippen molar-refractivity contribution in [3.05, 3.63) is 42.0 Å². The van der Waals surface area contributed by atoms with Gasteiger partial charge in [-0.25, -0.2) is 4.79 Å². The third-order valence-electron chi connectivity index (χ3n) is 6.52. The van der Waals surface area contributed by atoms with Gasteiger partial charge in [0.2, 0.25) is 11.8 Å². The Kier molecular flexibility index (Phi) is 11.2. The number of amides is 3. The van der Waals surface area contributed by atoms with E-state index in [1.807, 2.05) is 45.0 Å². The fraction of sp³-hybridized carbons (Fsp3) is 0.633. The SMILES string of the molecule is C=Cc1cccc(C(C(=O)NC(C)CCC)N(C(=O)C(CC(C)C)NC(=O)OC(C)(C)C)C2CCC2)c1. The zero-order valence-corrected chi connectivity index (χ0v) is 23.8. The van der Waals surface area contributed by atoms with Gasteiger partial charge >= 0.3 is 6.09 Å². The molecule has 7 heteroatoms. The van der Waals surface area contributed by atoms with Crippen molar-refractivity contribution in [3.8, 4) is 0 Å². The highest BCUT2D eigenvalue weighted by Crippen LogP contribution is 2.34. The Labute approximate surface area is 223 Å². The number of carbonyl (C=O) groups is 3. The molecule has 0 aromatic heterocycles. The summed E-state index contributed by atoms with van der Waals surface area (Å²) in [7, 11) is 0. The highest BCUT2D eigenvalue weighted by atomic mass is 16.6. The smallest absolute Gasteiger partial charge is 0.408 e. The fourth-order valence-electron chi connectivity index (χ4n) is 4.63. The number of ether oxygens (including phenoxy) is 1. The van der Waals surface area contributed by atoms with Crippen molar-refractivity contribution in [1.29, 1.82) is 0 Å². The van der Waals surface area contributed by atoms with Crippen LogP contribution >= 0.6 is 0 Å². The average Bonchev–Trinajstić information content (AvgIpc) is 2.75. The van der Waals surface area contributed by atoms with Crippen LogP contribution in [0.25, 0.3) is 6.08 Å². The molecule has 1 aromatic carbocycles. The molecule has 0 heterocycles. The number of hydrogen-bond donors (Lipinski definition) is 2. The maximum Gasteiger partial charge on any atom is 0.408 e. The van der Waals surface area contributed by atoms with E-state index >= 15 is 0 Å². The van der Waals surface area contributed by atoms with Gasteiger partial charge in [-0.1, -0.05) is 58.0 Å². The second-order valence-corrected chi connectivity index (χ2v) is 11.6. The molecular weight excluding hydrogens is 466 g/mol. The van der Waals surface area contributed by atoms with Crippen molar-refractivity contribution in [2.75, 3.05) is 0 Å². The van der Waals surface area contributed by atoms with Crippen LogP contribution in [0, 0.1) is 5.92 Å². The molecule has 3 unspecified atom stereocenters. The quantitative estimate of drug-likeness (QED) is 0.359. The van der Waals surface area contributed by atoms with Gasteiger partial charge in [-0.15, -0.1) is 0 Å². The van der Waals surface area contributed by atoms with Crippen molar-refractivity contribution < 1.29 is 19.1 Å². The number of benzene rings is 1. The lowest BCUT2D eigenvalue weighted by Gasteiger charge is -2.44. The first-order chi connectivity index (χ1) is 17.4. The molecule has 1 fully saturated rings. The third-order valence-corrected chi connectivity index (χ3v) is 6.52. The van der Waals surface area contributed by atoms with Crippen LogP contribution in [0.5, 0.6) is 0 Å². The summed E-state index contributed by atoms with van der Waals surface area (Å²) >= 11 is 0. The highest BCUT2D eigenvalue weighted by molar-refractivity contribution is 5.92. The molecule has 0 spiro atoms. The van der Waals surface area contributed by atoms with Crippen LogP contribution in [0.15, 0.2) is 30.8 Å². The summed E-state index contributed by atoms with van der Waals surface area (Å²) in [6, 6.07) is 5.90. The second-order valence-electron chi connectivity index (χ2n) is 11.6. The van der Waals surface area contributed by atoms with Crippen molar-refractivity contribution in [1.82, 2.24) is 15.5 Å². The van der Waals surface area contributed by atoms with Gasteiger partial charge in [0.05, 0.1) is 0 Å². The average molecular weight is 514 g/mol. The topological polar surface area (TPSA) is 87.7 Å². The van der Waals surface area contributed by atoms with Crippen LogP contribution in [-0.4, -0.2) is 46.5 Å². The molecule has 0 radical (unpaired) electrons. The van der Waals surface area contributed by atoms with Crippen molar-refractivity contribution in [2.24, 2.45) is 5.92 Å². The van der Waals surface area contributed by atoms with E-state index in [1.54, 1.807) is 31.7 Å². The van der Waals surface area contributed by atoms with Crippen LogP contribution < -0.4 is 10.6 Å². The Hall–Kier alpha value is -2.83. The number of hydrogen-bond acceptors (Lipinski definition) is 4. The van der Waals surface area contributed by atoms with Crippen LogP contribution in [0.3, 0.4) is 0 Å². The number of nitrogens with zero attached hydrogens (tertiary/aromatic N) is 1. The van der Waals surface area contributed by atoms with E-state index in [4.69, 9.17) is 4.74 Å². The standard InChI is InChI=1S/C30H47N3O4/c1-9-13-21(5)31-27(34)26(23-15-11-14-22(10-2)19-23)33(24-16-12-17-24)28(35)25(18-20(3)4)32-29(36)37-30(6,7)8/h10-11,14-15,19-21,24-26H,2,9,12-13,16-18H2,1,3-8H3,(H,31,34)(H,32,36). The molecule has 0 aliphatic heterocycles. The largest absolute Gasteiger partial charge is 0.444 e. The summed E-state index contributed by atoms with van der Waals surface area (Å²) in [6.07, 6.45) is 5.97. The van der Waals surface area contributed by atoms with E-state index in [-0.39, 0.29) is 29.8 Å². The normalized spacial score (nSPS) is 16.2. The molecule has 1 aliphatic rings. The summed E-state index contributed by atoms with van der Waals surface area (Å²) < 4.78 is 5.47.